The van der Waals surface area contributed by atoms with Gasteiger partial charge >= 0.3 is 0 Å². The first kappa shape index (κ1) is 20.5. The fourth-order valence-corrected chi connectivity index (χ4v) is 4.12. The van der Waals surface area contributed by atoms with Crippen LogP contribution in [0.4, 0.5) is 5.82 Å². The summed E-state index contributed by atoms with van der Waals surface area (Å²) in [4.78, 5) is 24.5. The normalized spacial score (nSPS) is 13.7. The number of aryl methyl sites for hydroxylation is 1. The molecule has 33 heavy (non-hydrogen) atoms. The average Bonchev–Trinajstić information content (AvgIpc) is 3.49. The van der Waals surface area contributed by atoms with Crippen LogP contribution in [-0.2, 0) is 11.2 Å². The van der Waals surface area contributed by atoms with Crippen LogP contribution in [0, 0.1) is 0 Å². The van der Waals surface area contributed by atoms with Gasteiger partial charge in [0.05, 0.1) is 5.69 Å². The summed E-state index contributed by atoms with van der Waals surface area (Å²) >= 11 is 0. The zero-order valence-corrected chi connectivity index (χ0v) is 18.2. The molecule has 1 aromatic carbocycles. The molecule has 5 rings (SSSR count). The number of aromatic nitrogens is 4. The van der Waals surface area contributed by atoms with Gasteiger partial charge < -0.3 is 5.32 Å². The van der Waals surface area contributed by atoms with Gasteiger partial charge in [-0.3, -0.25) is 14.8 Å². The van der Waals surface area contributed by atoms with Crippen molar-refractivity contribution >= 4 is 17.4 Å². The molecule has 0 aliphatic heterocycles. The number of carbonyl (C=O) groups is 1. The third-order valence-electron chi connectivity index (χ3n) is 5.74. The molecular formula is C26H22N6O. The van der Waals surface area contributed by atoms with E-state index in [0.29, 0.717) is 5.82 Å². The molecule has 7 heteroatoms. The highest BCUT2D eigenvalue weighted by Crippen LogP contribution is 2.35. The van der Waals surface area contributed by atoms with Crippen molar-refractivity contribution in [3.05, 3.63) is 91.0 Å². The summed E-state index contributed by atoms with van der Waals surface area (Å²) in [5.41, 5.74) is 8.42. The molecule has 0 spiro atoms. The lowest BCUT2D eigenvalue weighted by Gasteiger charge is -2.06. The molecule has 3 heterocycles. The van der Waals surface area contributed by atoms with Gasteiger partial charge in [-0.2, -0.15) is 5.10 Å². The molecule has 0 bridgehead atoms. The summed E-state index contributed by atoms with van der Waals surface area (Å²) < 4.78 is 1.81. The average molecular weight is 435 g/mol. The van der Waals surface area contributed by atoms with E-state index in [9.17, 15) is 4.79 Å². The number of hydrogen-bond acceptors (Lipinski definition) is 5. The summed E-state index contributed by atoms with van der Waals surface area (Å²) in [5, 5.41) is 7.59. The molecule has 0 saturated heterocycles. The van der Waals surface area contributed by atoms with Crippen LogP contribution in [0.1, 0.15) is 17.5 Å². The molecule has 4 aromatic rings. The third-order valence-corrected chi connectivity index (χ3v) is 5.74. The highest BCUT2D eigenvalue weighted by Gasteiger charge is 2.20. The summed E-state index contributed by atoms with van der Waals surface area (Å²) in [6, 6.07) is 14.1. The molecule has 0 fully saturated rings. The molecule has 7 nitrogen and oxygen atoms in total. The number of carbonyl (C=O) groups excluding carboxylic acids is 1. The summed E-state index contributed by atoms with van der Waals surface area (Å²) in [5.74, 6) is 0.121. The van der Waals surface area contributed by atoms with Crippen molar-refractivity contribution in [1.82, 2.24) is 19.7 Å². The Morgan fingerprint density at radius 2 is 1.91 bits per heavy atom. The number of amides is 1. The Hall–Kier alpha value is -4.39. The minimum atomic E-state index is -0.314. The van der Waals surface area contributed by atoms with Crippen molar-refractivity contribution in [2.24, 2.45) is 4.99 Å². The van der Waals surface area contributed by atoms with Crippen molar-refractivity contribution in [3.8, 4) is 28.1 Å². The van der Waals surface area contributed by atoms with Gasteiger partial charge in [0.15, 0.2) is 0 Å². The number of fused-ring (bicyclic) bond motifs is 1. The van der Waals surface area contributed by atoms with Crippen LogP contribution in [0.5, 0.6) is 0 Å². The lowest BCUT2D eigenvalue weighted by molar-refractivity contribution is -0.111. The maximum Gasteiger partial charge on any atom is 0.248 e. The Morgan fingerprint density at radius 3 is 2.70 bits per heavy atom. The molecule has 1 aliphatic rings. The predicted octanol–water partition coefficient (Wildman–Crippen LogP) is 4.49. The van der Waals surface area contributed by atoms with E-state index in [1.807, 2.05) is 36.1 Å². The van der Waals surface area contributed by atoms with Gasteiger partial charge in [0.2, 0.25) is 5.91 Å². The molecule has 3 aromatic heterocycles. The fourth-order valence-electron chi connectivity index (χ4n) is 4.12. The number of pyridine rings is 2. The first-order valence-electron chi connectivity index (χ1n) is 10.7. The zero-order valence-electron chi connectivity index (χ0n) is 18.2. The Morgan fingerprint density at radius 1 is 1.06 bits per heavy atom. The van der Waals surface area contributed by atoms with Crippen molar-refractivity contribution in [2.75, 3.05) is 12.4 Å². The summed E-state index contributed by atoms with van der Waals surface area (Å²) in [7, 11) is 1.85. The monoisotopic (exact) mass is 434 g/mol. The van der Waals surface area contributed by atoms with Crippen LogP contribution in [0.15, 0.2) is 84.9 Å². The zero-order chi connectivity index (χ0) is 22.8. The first-order valence-corrected chi connectivity index (χ1v) is 10.7. The van der Waals surface area contributed by atoms with E-state index in [0.717, 1.165) is 46.6 Å². The van der Waals surface area contributed by atoms with Crippen molar-refractivity contribution in [3.63, 3.8) is 0 Å². The minimum absolute atomic E-state index is 0.314. The summed E-state index contributed by atoms with van der Waals surface area (Å²) in [6.45, 7) is 3.48. The molecule has 0 unspecified atom stereocenters. The fraction of sp³-hybridized carbons (Fsp3) is 0.115. The molecule has 162 valence electrons. The molecule has 1 aliphatic carbocycles. The summed E-state index contributed by atoms with van der Waals surface area (Å²) in [6.07, 6.45) is 10.4. The van der Waals surface area contributed by atoms with Crippen LogP contribution in [-0.4, -0.2) is 38.4 Å². The Kier molecular flexibility index (Phi) is 5.36. The second-order valence-electron chi connectivity index (χ2n) is 7.71. The van der Waals surface area contributed by atoms with Gasteiger partial charge in [0, 0.05) is 54.7 Å². The second-order valence-corrected chi connectivity index (χ2v) is 7.71. The quantitative estimate of drug-likeness (QED) is 0.469. The van der Waals surface area contributed by atoms with E-state index >= 15 is 0 Å². The van der Waals surface area contributed by atoms with E-state index in [-0.39, 0.29) is 5.91 Å². The molecule has 0 radical (unpaired) electrons. The number of hydrogen-bond donors (Lipinski definition) is 1. The topological polar surface area (TPSA) is 85.1 Å². The number of nitrogens with zero attached hydrogens (tertiary/aromatic N) is 5. The molecule has 1 N–H and O–H groups in total. The maximum absolute atomic E-state index is 11.7. The number of benzene rings is 1. The Labute approximate surface area is 191 Å². The Bertz CT molecular complexity index is 1390. The van der Waals surface area contributed by atoms with Crippen molar-refractivity contribution < 1.29 is 4.79 Å². The highest BCUT2D eigenvalue weighted by atomic mass is 16.1. The van der Waals surface area contributed by atoms with Gasteiger partial charge in [-0.05, 0) is 53.8 Å². The SMILES string of the molecule is C=CC(=O)Nc1cc(-n2cc(-c3ccc4c(c3)CCC4=NC)c(-c3ccncc3)n2)ccn1. The smallest absolute Gasteiger partial charge is 0.248 e. The number of rotatable bonds is 5. The van der Waals surface area contributed by atoms with Crippen LogP contribution in [0.25, 0.3) is 28.1 Å². The highest BCUT2D eigenvalue weighted by molar-refractivity contribution is 6.05. The first-order chi connectivity index (χ1) is 16.2. The largest absolute Gasteiger partial charge is 0.307 e. The maximum atomic E-state index is 11.7. The van der Waals surface area contributed by atoms with Gasteiger partial charge in [0.1, 0.15) is 11.5 Å². The van der Waals surface area contributed by atoms with Crippen LogP contribution < -0.4 is 5.32 Å². The van der Waals surface area contributed by atoms with E-state index in [1.54, 1.807) is 24.7 Å². The van der Waals surface area contributed by atoms with Gasteiger partial charge in [-0.15, -0.1) is 0 Å². The van der Waals surface area contributed by atoms with E-state index in [1.165, 1.54) is 17.2 Å². The van der Waals surface area contributed by atoms with E-state index in [4.69, 9.17) is 5.10 Å². The third kappa shape index (κ3) is 3.96. The second kappa shape index (κ2) is 8.63. The van der Waals surface area contributed by atoms with Crippen LogP contribution in [0.2, 0.25) is 0 Å². The van der Waals surface area contributed by atoms with Crippen LogP contribution >= 0.6 is 0 Å². The molecule has 0 saturated carbocycles. The van der Waals surface area contributed by atoms with Gasteiger partial charge in [0.25, 0.3) is 0 Å². The van der Waals surface area contributed by atoms with Crippen molar-refractivity contribution in [1.29, 1.82) is 0 Å². The lowest BCUT2D eigenvalue weighted by Crippen LogP contribution is -2.09. The number of nitrogens with one attached hydrogen (secondary N) is 1. The Balaban J connectivity index is 1.61. The molecule has 1 amide bonds. The van der Waals surface area contributed by atoms with Crippen molar-refractivity contribution in [2.45, 2.75) is 12.8 Å². The molecule has 0 atom stereocenters. The standard InChI is InChI=1S/C26H22N6O/c1-3-25(33)30-24-15-20(10-13-29-24)32-16-22(26(31-32)17-8-11-28-12-9-17)19-4-6-21-18(14-19)5-7-23(21)27-2/h3-4,6,8-16H,1,5,7H2,2H3,(H,29,30,33). The van der Waals surface area contributed by atoms with Gasteiger partial charge in [-0.1, -0.05) is 24.8 Å². The number of aliphatic imine (C=N–C) groups is 1. The van der Waals surface area contributed by atoms with Gasteiger partial charge in [-0.25, -0.2) is 9.67 Å². The molecular weight excluding hydrogens is 412 g/mol. The predicted molar refractivity (Wildman–Crippen MR) is 130 cm³/mol. The lowest BCUT2D eigenvalue weighted by atomic mass is 9.98. The minimum Gasteiger partial charge on any atom is -0.307 e. The van der Waals surface area contributed by atoms with Crippen LogP contribution in [0.3, 0.4) is 0 Å². The van der Waals surface area contributed by atoms with E-state index in [2.05, 4.69) is 45.1 Å². The number of anilines is 1. The van der Waals surface area contributed by atoms with E-state index < -0.39 is 0 Å².